The highest BCUT2D eigenvalue weighted by atomic mass is 16.3. The Hall–Kier alpha value is -2.01. The van der Waals surface area contributed by atoms with Crippen molar-refractivity contribution in [1.29, 1.82) is 0 Å². The number of nitrogens with two attached hydrogens (primary N) is 1. The van der Waals surface area contributed by atoms with Crippen molar-refractivity contribution in [1.82, 2.24) is 9.88 Å². The monoisotopic (exact) mass is 259 g/mol. The van der Waals surface area contributed by atoms with Crippen LogP contribution < -0.4 is 5.73 Å². The molecule has 0 aliphatic carbocycles. The predicted molar refractivity (Wildman–Crippen MR) is 73.9 cm³/mol. The quantitative estimate of drug-likeness (QED) is 0.712. The number of β-amino-alcohol motifs (C(OH)–C–C–N with tert-alkyl or cyclic N) is 1. The van der Waals surface area contributed by atoms with Crippen LogP contribution in [0.2, 0.25) is 0 Å². The van der Waals surface area contributed by atoms with Crippen LogP contribution in [0.15, 0.2) is 24.3 Å². The van der Waals surface area contributed by atoms with Gasteiger partial charge in [-0.1, -0.05) is 6.92 Å². The highest BCUT2D eigenvalue weighted by Gasteiger charge is 2.42. The zero-order chi connectivity index (χ0) is 13.6. The van der Waals surface area contributed by atoms with E-state index in [2.05, 4.69) is 4.98 Å². The van der Waals surface area contributed by atoms with Crippen molar-refractivity contribution in [3.05, 3.63) is 30.0 Å². The lowest BCUT2D eigenvalue weighted by Crippen LogP contribution is -2.63. The van der Waals surface area contributed by atoms with Crippen molar-refractivity contribution in [2.75, 3.05) is 18.8 Å². The van der Waals surface area contributed by atoms with Gasteiger partial charge in [-0.15, -0.1) is 0 Å². The Morgan fingerprint density at radius 3 is 2.89 bits per heavy atom. The van der Waals surface area contributed by atoms with E-state index in [1.165, 1.54) is 0 Å². The summed E-state index contributed by atoms with van der Waals surface area (Å²) in [5.41, 5.74) is 7.12. The number of benzene rings is 1. The number of H-pyrrole nitrogens is 1. The summed E-state index contributed by atoms with van der Waals surface area (Å²) >= 11 is 0. The second kappa shape index (κ2) is 3.99. The fraction of sp³-hybridized carbons (Fsp3) is 0.357. The van der Waals surface area contributed by atoms with Crippen molar-refractivity contribution >= 4 is 22.5 Å². The molecule has 1 fully saturated rings. The molecule has 0 saturated carbocycles. The molecular weight excluding hydrogens is 242 g/mol. The summed E-state index contributed by atoms with van der Waals surface area (Å²) in [4.78, 5) is 17.0. The number of fused-ring (bicyclic) bond motifs is 1. The standard InChI is InChI=1S/C14H17N3O2/c1-2-14(19)7-17(8-14)13(18)12-6-9-5-10(15)3-4-11(9)16-12/h3-6,16,19H,2,7-8,15H2,1H3. The average Bonchev–Trinajstić information content (AvgIpc) is 2.77. The van der Waals surface area contributed by atoms with E-state index in [1.54, 1.807) is 17.0 Å². The third-order valence-corrected chi connectivity index (χ3v) is 3.79. The minimum absolute atomic E-state index is 0.0760. The van der Waals surface area contributed by atoms with Crippen LogP contribution in [0.1, 0.15) is 23.8 Å². The number of nitrogen functional groups attached to an aromatic ring is 1. The topological polar surface area (TPSA) is 82.3 Å². The van der Waals surface area contributed by atoms with Gasteiger partial charge >= 0.3 is 0 Å². The first-order valence-corrected chi connectivity index (χ1v) is 6.41. The second-order valence-corrected chi connectivity index (χ2v) is 5.27. The van der Waals surface area contributed by atoms with Crippen LogP contribution in [0.3, 0.4) is 0 Å². The first kappa shape index (κ1) is 12.0. The number of rotatable bonds is 2. The van der Waals surface area contributed by atoms with E-state index in [4.69, 9.17) is 5.73 Å². The smallest absolute Gasteiger partial charge is 0.270 e. The maximum atomic E-state index is 12.2. The number of hydrogen-bond acceptors (Lipinski definition) is 3. The Morgan fingerprint density at radius 1 is 1.47 bits per heavy atom. The number of likely N-dealkylation sites (tertiary alicyclic amines) is 1. The second-order valence-electron chi connectivity index (χ2n) is 5.27. The number of aromatic nitrogens is 1. The molecule has 0 atom stereocenters. The van der Waals surface area contributed by atoms with Crippen LogP contribution in [-0.2, 0) is 0 Å². The lowest BCUT2D eigenvalue weighted by Gasteiger charge is -2.45. The van der Waals surface area contributed by atoms with Crippen LogP contribution in [0.4, 0.5) is 5.69 Å². The van der Waals surface area contributed by atoms with Crippen LogP contribution in [0, 0.1) is 0 Å². The van der Waals surface area contributed by atoms with Crippen molar-refractivity contribution in [3.63, 3.8) is 0 Å². The van der Waals surface area contributed by atoms with Gasteiger partial charge in [-0.25, -0.2) is 0 Å². The third kappa shape index (κ3) is 1.96. The van der Waals surface area contributed by atoms with Gasteiger partial charge in [0.15, 0.2) is 0 Å². The molecule has 1 aromatic heterocycles. The molecule has 1 saturated heterocycles. The number of amides is 1. The van der Waals surface area contributed by atoms with Crippen LogP contribution in [0.25, 0.3) is 10.9 Å². The van der Waals surface area contributed by atoms with Crippen molar-refractivity contribution in [3.8, 4) is 0 Å². The molecule has 0 unspecified atom stereocenters. The van der Waals surface area contributed by atoms with Gasteiger partial charge in [0.05, 0.1) is 18.7 Å². The molecule has 19 heavy (non-hydrogen) atoms. The summed E-state index contributed by atoms with van der Waals surface area (Å²) < 4.78 is 0. The summed E-state index contributed by atoms with van der Waals surface area (Å²) in [6.45, 7) is 2.73. The minimum Gasteiger partial charge on any atom is -0.399 e. The van der Waals surface area contributed by atoms with E-state index >= 15 is 0 Å². The van der Waals surface area contributed by atoms with Crippen molar-refractivity contribution in [2.24, 2.45) is 0 Å². The van der Waals surface area contributed by atoms with Crippen LogP contribution >= 0.6 is 0 Å². The van der Waals surface area contributed by atoms with Crippen LogP contribution in [0.5, 0.6) is 0 Å². The predicted octanol–water partition coefficient (Wildman–Crippen LogP) is 1.35. The van der Waals surface area contributed by atoms with E-state index in [9.17, 15) is 9.90 Å². The molecule has 5 nitrogen and oxygen atoms in total. The molecule has 1 amide bonds. The zero-order valence-electron chi connectivity index (χ0n) is 10.8. The van der Waals surface area contributed by atoms with Crippen LogP contribution in [-0.4, -0.2) is 39.6 Å². The summed E-state index contributed by atoms with van der Waals surface area (Å²) in [6.07, 6.45) is 0.667. The molecule has 2 heterocycles. The van der Waals surface area contributed by atoms with Gasteiger partial charge < -0.3 is 20.7 Å². The number of nitrogens with zero attached hydrogens (tertiary/aromatic N) is 1. The summed E-state index contributed by atoms with van der Waals surface area (Å²) in [5, 5.41) is 10.9. The van der Waals surface area contributed by atoms with Gasteiger partial charge in [0.25, 0.3) is 5.91 Å². The maximum Gasteiger partial charge on any atom is 0.270 e. The number of carbonyl (C=O) groups is 1. The minimum atomic E-state index is -0.702. The lowest BCUT2D eigenvalue weighted by atomic mass is 9.91. The van der Waals surface area contributed by atoms with Gasteiger partial charge in [-0.2, -0.15) is 0 Å². The normalized spacial score (nSPS) is 17.5. The van der Waals surface area contributed by atoms with E-state index < -0.39 is 5.60 Å². The van der Waals surface area contributed by atoms with Gasteiger partial charge in [0.2, 0.25) is 0 Å². The molecular formula is C14H17N3O2. The zero-order valence-corrected chi connectivity index (χ0v) is 10.8. The molecule has 1 aromatic carbocycles. The Morgan fingerprint density at radius 2 is 2.21 bits per heavy atom. The molecule has 1 aliphatic heterocycles. The number of anilines is 1. The molecule has 0 bridgehead atoms. The van der Waals surface area contributed by atoms with Gasteiger partial charge in [0.1, 0.15) is 5.69 Å². The van der Waals surface area contributed by atoms with Gasteiger partial charge in [-0.3, -0.25) is 4.79 Å². The SMILES string of the molecule is CCC1(O)CN(C(=O)c2cc3cc(N)ccc3[nH]2)C1. The summed E-state index contributed by atoms with van der Waals surface area (Å²) in [7, 11) is 0. The summed E-state index contributed by atoms with van der Waals surface area (Å²) in [6, 6.07) is 7.30. The Bertz CT molecular complexity index is 641. The molecule has 1 aliphatic rings. The lowest BCUT2D eigenvalue weighted by molar-refractivity contribution is -0.0827. The number of aliphatic hydroxyl groups is 1. The van der Waals surface area contributed by atoms with Gasteiger partial charge in [0, 0.05) is 16.6 Å². The van der Waals surface area contributed by atoms with E-state index in [1.807, 2.05) is 19.1 Å². The van der Waals surface area contributed by atoms with Crippen molar-refractivity contribution in [2.45, 2.75) is 18.9 Å². The largest absolute Gasteiger partial charge is 0.399 e. The van der Waals surface area contributed by atoms with E-state index in [0.29, 0.717) is 30.9 Å². The molecule has 2 aromatic rings. The molecule has 0 radical (unpaired) electrons. The Kier molecular flexibility index (Phi) is 2.53. The number of aromatic amines is 1. The van der Waals surface area contributed by atoms with E-state index in [-0.39, 0.29) is 5.91 Å². The number of nitrogens with one attached hydrogen (secondary N) is 1. The maximum absolute atomic E-state index is 12.2. The Balaban J connectivity index is 1.83. The average molecular weight is 259 g/mol. The van der Waals surface area contributed by atoms with Gasteiger partial charge in [-0.05, 0) is 30.7 Å². The Labute approximate surface area is 111 Å². The molecule has 5 heteroatoms. The van der Waals surface area contributed by atoms with Crippen molar-refractivity contribution < 1.29 is 9.90 Å². The first-order chi connectivity index (χ1) is 9.00. The number of hydrogen-bond donors (Lipinski definition) is 3. The molecule has 3 rings (SSSR count). The first-order valence-electron chi connectivity index (χ1n) is 6.41. The summed E-state index contributed by atoms with van der Waals surface area (Å²) in [5.74, 6) is -0.0760. The van der Waals surface area contributed by atoms with E-state index in [0.717, 1.165) is 10.9 Å². The highest BCUT2D eigenvalue weighted by Crippen LogP contribution is 2.27. The fourth-order valence-electron chi connectivity index (χ4n) is 2.47. The fourth-order valence-corrected chi connectivity index (χ4v) is 2.47. The highest BCUT2D eigenvalue weighted by molar-refractivity contribution is 5.99. The molecule has 0 spiro atoms. The third-order valence-electron chi connectivity index (χ3n) is 3.79. The number of carbonyl (C=O) groups excluding carboxylic acids is 1. The molecule has 100 valence electrons. The molecule has 4 N–H and O–H groups in total.